The fourth-order valence-corrected chi connectivity index (χ4v) is 2.34. The van der Waals surface area contributed by atoms with E-state index in [0.29, 0.717) is 0 Å². The van der Waals surface area contributed by atoms with Crippen LogP contribution < -0.4 is 5.73 Å². The SMILES string of the molecule is CN(CC1CCC1)CC(N)c1ccc(F)cc1. The van der Waals surface area contributed by atoms with Gasteiger partial charge in [0.25, 0.3) is 0 Å². The number of nitrogens with zero attached hydrogens (tertiary/aromatic N) is 1. The minimum absolute atomic E-state index is 0.0272. The molecule has 1 fully saturated rings. The highest BCUT2D eigenvalue weighted by atomic mass is 19.1. The van der Waals surface area contributed by atoms with Gasteiger partial charge < -0.3 is 10.6 Å². The van der Waals surface area contributed by atoms with Crippen molar-refractivity contribution in [2.75, 3.05) is 20.1 Å². The molecule has 0 spiro atoms. The maximum Gasteiger partial charge on any atom is 0.123 e. The van der Waals surface area contributed by atoms with E-state index in [0.717, 1.165) is 24.6 Å². The number of hydrogen-bond acceptors (Lipinski definition) is 2. The molecule has 1 aliphatic rings. The van der Waals surface area contributed by atoms with Crippen molar-refractivity contribution in [2.45, 2.75) is 25.3 Å². The molecule has 1 aliphatic carbocycles. The van der Waals surface area contributed by atoms with Crippen LogP contribution in [-0.2, 0) is 0 Å². The van der Waals surface area contributed by atoms with E-state index >= 15 is 0 Å². The Kier molecular flexibility index (Phi) is 4.13. The zero-order valence-electron chi connectivity index (χ0n) is 10.4. The Hall–Kier alpha value is -0.930. The molecule has 1 aromatic carbocycles. The molecule has 2 rings (SSSR count). The van der Waals surface area contributed by atoms with Crippen LogP contribution in [0, 0.1) is 11.7 Å². The number of benzene rings is 1. The highest BCUT2D eigenvalue weighted by Gasteiger charge is 2.20. The summed E-state index contributed by atoms with van der Waals surface area (Å²) in [5.41, 5.74) is 7.12. The zero-order chi connectivity index (χ0) is 12.3. The Morgan fingerprint density at radius 2 is 2.00 bits per heavy atom. The minimum Gasteiger partial charge on any atom is -0.323 e. The molecular weight excluding hydrogens is 215 g/mol. The minimum atomic E-state index is -0.205. The molecule has 0 radical (unpaired) electrons. The van der Waals surface area contributed by atoms with Gasteiger partial charge in [0.15, 0.2) is 0 Å². The van der Waals surface area contributed by atoms with Crippen molar-refractivity contribution in [3.63, 3.8) is 0 Å². The standard InChI is InChI=1S/C14H21FN2/c1-17(9-11-3-2-4-11)10-14(16)12-5-7-13(15)8-6-12/h5-8,11,14H,2-4,9-10,16H2,1H3. The van der Waals surface area contributed by atoms with Crippen molar-refractivity contribution in [2.24, 2.45) is 11.7 Å². The van der Waals surface area contributed by atoms with Gasteiger partial charge in [0.05, 0.1) is 0 Å². The van der Waals surface area contributed by atoms with E-state index in [1.807, 2.05) is 0 Å². The predicted molar refractivity (Wildman–Crippen MR) is 68.2 cm³/mol. The second-order valence-corrected chi connectivity index (χ2v) is 5.18. The van der Waals surface area contributed by atoms with E-state index in [1.165, 1.54) is 31.4 Å². The summed E-state index contributed by atoms with van der Waals surface area (Å²) in [6.07, 6.45) is 4.09. The van der Waals surface area contributed by atoms with E-state index in [-0.39, 0.29) is 11.9 Å². The molecule has 17 heavy (non-hydrogen) atoms. The summed E-state index contributed by atoms with van der Waals surface area (Å²) in [6, 6.07) is 6.47. The van der Waals surface area contributed by atoms with Gasteiger partial charge in [-0.25, -0.2) is 4.39 Å². The molecule has 2 nitrogen and oxygen atoms in total. The molecule has 1 atom stereocenters. The fraction of sp³-hybridized carbons (Fsp3) is 0.571. The molecule has 0 saturated heterocycles. The van der Waals surface area contributed by atoms with Crippen LogP contribution in [0.15, 0.2) is 24.3 Å². The van der Waals surface area contributed by atoms with Crippen molar-refractivity contribution in [3.8, 4) is 0 Å². The number of rotatable bonds is 5. The first-order valence-corrected chi connectivity index (χ1v) is 6.35. The third kappa shape index (κ3) is 3.51. The van der Waals surface area contributed by atoms with Gasteiger partial charge in [-0.15, -0.1) is 0 Å². The summed E-state index contributed by atoms with van der Waals surface area (Å²) >= 11 is 0. The highest BCUT2D eigenvalue weighted by Crippen LogP contribution is 2.27. The first-order chi connectivity index (χ1) is 8.15. The maximum atomic E-state index is 12.8. The largest absolute Gasteiger partial charge is 0.323 e. The van der Waals surface area contributed by atoms with Gasteiger partial charge in [-0.05, 0) is 43.5 Å². The zero-order valence-corrected chi connectivity index (χ0v) is 10.4. The second kappa shape index (κ2) is 5.61. The molecule has 0 amide bonds. The summed E-state index contributed by atoms with van der Waals surface area (Å²) in [4.78, 5) is 2.29. The third-order valence-electron chi connectivity index (χ3n) is 3.60. The lowest BCUT2D eigenvalue weighted by Gasteiger charge is -2.31. The molecule has 0 aromatic heterocycles. The monoisotopic (exact) mass is 236 g/mol. The molecule has 2 N–H and O–H groups in total. The first-order valence-electron chi connectivity index (χ1n) is 6.35. The third-order valence-corrected chi connectivity index (χ3v) is 3.60. The van der Waals surface area contributed by atoms with Gasteiger partial charge >= 0.3 is 0 Å². The van der Waals surface area contributed by atoms with E-state index in [1.54, 1.807) is 12.1 Å². The molecule has 1 unspecified atom stereocenters. The van der Waals surface area contributed by atoms with Gasteiger partial charge in [-0.3, -0.25) is 0 Å². The smallest absolute Gasteiger partial charge is 0.123 e. The Bertz CT molecular complexity index is 346. The number of nitrogens with two attached hydrogens (primary N) is 1. The number of halogens is 1. The van der Waals surface area contributed by atoms with Crippen LogP contribution in [0.5, 0.6) is 0 Å². The molecule has 1 saturated carbocycles. The van der Waals surface area contributed by atoms with Crippen LogP contribution in [0.3, 0.4) is 0 Å². The average molecular weight is 236 g/mol. The maximum absolute atomic E-state index is 12.8. The van der Waals surface area contributed by atoms with Crippen LogP contribution in [-0.4, -0.2) is 25.0 Å². The molecule has 0 heterocycles. The topological polar surface area (TPSA) is 29.3 Å². The Labute approximate surface area is 103 Å². The van der Waals surface area contributed by atoms with E-state index in [2.05, 4.69) is 11.9 Å². The van der Waals surface area contributed by atoms with E-state index in [4.69, 9.17) is 5.73 Å². The summed E-state index contributed by atoms with van der Waals surface area (Å²) in [6.45, 7) is 1.97. The molecule has 3 heteroatoms. The first kappa shape index (κ1) is 12.5. The van der Waals surface area contributed by atoms with Crippen molar-refractivity contribution >= 4 is 0 Å². The highest BCUT2D eigenvalue weighted by molar-refractivity contribution is 5.19. The van der Waals surface area contributed by atoms with Crippen molar-refractivity contribution in [3.05, 3.63) is 35.6 Å². The van der Waals surface area contributed by atoms with Gasteiger partial charge in [-0.1, -0.05) is 18.6 Å². The van der Waals surface area contributed by atoms with E-state index in [9.17, 15) is 4.39 Å². The van der Waals surface area contributed by atoms with Crippen LogP contribution in [0.25, 0.3) is 0 Å². The van der Waals surface area contributed by atoms with Crippen LogP contribution in [0.2, 0.25) is 0 Å². The lowest BCUT2D eigenvalue weighted by atomic mass is 9.85. The van der Waals surface area contributed by atoms with Gasteiger partial charge in [0.2, 0.25) is 0 Å². The lowest BCUT2D eigenvalue weighted by molar-refractivity contribution is 0.198. The Balaban J connectivity index is 1.82. The number of hydrogen-bond donors (Lipinski definition) is 1. The summed E-state index contributed by atoms with van der Waals surface area (Å²) in [5.74, 6) is 0.657. The predicted octanol–water partition coefficient (Wildman–Crippen LogP) is 2.56. The second-order valence-electron chi connectivity index (χ2n) is 5.18. The van der Waals surface area contributed by atoms with Crippen molar-refractivity contribution in [1.29, 1.82) is 0 Å². The van der Waals surface area contributed by atoms with Crippen molar-refractivity contribution < 1.29 is 4.39 Å². The summed E-state index contributed by atoms with van der Waals surface area (Å²) in [7, 11) is 2.11. The summed E-state index contributed by atoms with van der Waals surface area (Å²) < 4.78 is 12.8. The van der Waals surface area contributed by atoms with Crippen LogP contribution in [0.1, 0.15) is 30.9 Å². The molecule has 0 bridgehead atoms. The van der Waals surface area contributed by atoms with Gasteiger partial charge in [-0.2, -0.15) is 0 Å². The van der Waals surface area contributed by atoms with E-state index < -0.39 is 0 Å². The van der Waals surface area contributed by atoms with Crippen LogP contribution in [0.4, 0.5) is 4.39 Å². The van der Waals surface area contributed by atoms with Crippen molar-refractivity contribution in [1.82, 2.24) is 4.90 Å². The normalized spacial score (nSPS) is 18.1. The molecule has 94 valence electrons. The Morgan fingerprint density at radius 3 is 2.53 bits per heavy atom. The van der Waals surface area contributed by atoms with Crippen LogP contribution >= 0.6 is 0 Å². The van der Waals surface area contributed by atoms with Gasteiger partial charge in [0, 0.05) is 19.1 Å². The molecule has 1 aromatic rings. The molecule has 0 aliphatic heterocycles. The Morgan fingerprint density at radius 1 is 1.35 bits per heavy atom. The fourth-order valence-electron chi connectivity index (χ4n) is 2.34. The van der Waals surface area contributed by atoms with Gasteiger partial charge in [0.1, 0.15) is 5.82 Å². The number of likely N-dealkylation sites (N-methyl/N-ethyl adjacent to an activating group) is 1. The molecular formula is C14H21FN2. The quantitative estimate of drug-likeness (QED) is 0.851. The average Bonchev–Trinajstić information content (AvgIpc) is 2.24. The lowest BCUT2D eigenvalue weighted by Crippen LogP contribution is -2.34. The summed E-state index contributed by atoms with van der Waals surface area (Å²) in [5, 5.41) is 0.